The predicted molar refractivity (Wildman–Crippen MR) is 62.9 cm³/mol. The minimum absolute atomic E-state index is 0.276. The maximum Gasteiger partial charge on any atom is 0.326 e. The smallest absolute Gasteiger partial charge is 0.326 e. The van der Waals surface area contributed by atoms with Gasteiger partial charge in [-0.15, -0.1) is 0 Å². The number of amides is 1. The van der Waals surface area contributed by atoms with Gasteiger partial charge in [0.25, 0.3) is 11.5 Å². The van der Waals surface area contributed by atoms with Crippen molar-refractivity contribution in [2.75, 3.05) is 0 Å². The van der Waals surface area contributed by atoms with E-state index >= 15 is 0 Å². The first kappa shape index (κ1) is 14.4. The lowest BCUT2D eigenvalue weighted by Crippen LogP contribution is -2.43. The van der Waals surface area contributed by atoms with E-state index < -0.39 is 35.9 Å². The first-order chi connectivity index (χ1) is 8.81. The number of H-pyrrole nitrogens is 1. The Morgan fingerprint density at radius 3 is 2.42 bits per heavy atom. The van der Waals surface area contributed by atoms with Crippen molar-refractivity contribution >= 4 is 17.8 Å². The highest BCUT2D eigenvalue weighted by Gasteiger charge is 2.24. The van der Waals surface area contributed by atoms with E-state index in [-0.39, 0.29) is 5.56 Å². The maximum absolute atomic E-state index is 11.7. The Hall–Kier alpha value is -2.64. The summed E-state index contributed by atoms with van der Waals surface area (Å²) in [4.78, 5) is 46.8. The molecule has 0 spiro atoms. The number of rotatable bonds is 5. The monoisotopic (exact) mass is 268 g/mol. The number of pyridine rings is 1. The first-order valence-corrected chi connectivity index (χ1v) is 5.26. The average molecular weight is 268 g/mol. The molecule has 0 bridgehead atoms. The molecular formula is C11H12N2O6. The van der Waals surface area contributed by atoms with Gasteiger partial charge in [-0.05, 0) is 19.1 Å². The van der Waals surface area contributed by atoms with Crippen LogP contribution in [0.2, 0.25) is 0 Å². The number of carbonyl (C=O) groups is 3. The number of carbonyl (C=O) groups excluding carboxylic acids is 1. The molecule has 8 heteroatoms. The summed E-state index contributed by atoms with van der Waals surface area (Å²) in [5.74, 6) is -3.79. The van der Waals surface area contributed by atoms with Gasteiger partial charge < -0.3 is 20.5 Å². The van der Waals surface area contributed by atoms with Crippen LogP contribution in [-0.2, 0) is 9.59 Å². The topological polar surface area (TPSA) is 137 Å². The van der Waals surface area contributed by atoms with Gasteiger partial charge in [-0.3, -0.25) is 14.4 Å². The van der Waals surface area contributed by atoms with E-state index in [0.717, 1.165) is 0 Å². The van der Waals surface area contributed by atoms with E-state index in [1.54, 1.807) is 6.92 Å². The fourth-order valence-corrected chi connectivity index (χ4v) is 1.36. The van der Waals surface area contributed by atoms with Crippen molar-refractivity contribution in [1.82, 2.24) is 10.3 Å². The zero-order chi connectivity index (χ0) is 14.6. The molecule has 8 nitrogen and oxygen atoms in total. The number of aryl methyl sites for hydroxylation is 1. The molecule has 1 rings (SSSR count). The minimum atomic E-state index is -1.59. The van der Waals surface area contributed by atoms with E-state index in [1.165, 1.54) is 12.1 Å². The molecule has 0 aromatic carbocycles. The SMILES string of the molecule is Cc1ccc(C(=O)N[C@@H](CC(=O)O)C(=O)O)c(=O)[nH]1. The Kier molecular flexibility index (Phi) is 4.41. The molecule has 19 heavy (non-hydrogen) atoms. The predicted octanol–water partition coefficient (Wildman–Crippen LogP) is -0.659. The average Bonchev–Trinajstić information content (AvgIpc) is 2.26. The van der Waals surface area contributed by atoms with Crippen molar-refractivity contribution in [1.29, 1.82) is 0 Å². The van der Waals surface area contributed by atoms with Crippen LogP contribution in [0.1, 0.15) is 22.5 Å². The maximum atomic E-state index is 11.7. The third kappa shape index (κ3) is 3.95. The summed E-state index contributed by atoms with van der Waals surface area (Å²) >= 11 is 0. The molecule has 1 heterocycles. The number of aromatic amines is 1. The standard InChI is InChI=1S/C11H12N2O6/c1-5-2-3-6(9(16)12-5)10(17)13-7(11(18)19)4-8(14)15/h2-3,7H,4H2,1H3,(H,12,16)(H,13,17)(H,14,15)(H,18,19)/t7-/m0/s1. The lowest BCUT2D eigenvalue weighted by atomic mass is 10.2. The van der Waals surface area contributed by atoms with E-state index in [2.05, 4.69) is 4.98 Å². The van der Waals surface area contributed by atoms with Gasteiger partial charge in [-0.25, -0.2) is 4.79 Å². The van der Waals surface area contributed by atoms with Crippen LogP contribution in [0.5, 0.6) is 0 Å². The van der Waals surface area contributed by atoms with Crippen LogP contribution < -0.4 is 10.9 Å². The van der Waals surface area contributed by atoms with Crippen molar-refractivity contribution in [2.45, 2.75) is 19.4 Å². The summed E-state index contributed by atoms with van der Waals surface area (Å²) in [5, 5.41) is 19.3. The largest absolute Gasteiger partial charge is 0.481 e. The second kappa shape index (κ2) is 5.80. The normalized spacial score (nSPS) is 11.6. The highest BCUT2D eigenvalue weighted by molar-refractivity contribution is 5.97. The van der Waals surface area contributed by atoms with Crippen LogP contribution in [-0.4, -0.2) is 39.1 Å². The second-order valence-electron chi connectivity index (χ2n) is 3.85. The first-order valence-electron chi connectivity index (χ1n) is 5.26. The molecule has 1 aromatic rings. The third-order valence-electron chi connectivity index (χ3n) is 2.28. The molecule has 0 saturated heterocycles. The quantitative estimate of drug-likeness (QED) is 0.559. The molecule has 0 aliphatic rings. The molecule has 0 aliphatic heterocycles. The van der Waals surface area contributed by atoms with Gasteiger partial charge in [0, 0.05) is 5.69 Å². The van der Waals surface area contributed by atoms with Crippen LogP contribution in [0.25, 0.3) is 0 Å². The fraction of sp³-hybridized carbons (Fsp3) is 0.273. The van der Waals surface area contributed by atoms with E-state index in [1.807, 2.05) is 5.32 Å². The van der Waals surface area contributed by atoms with Crippen molar-refractivity contribution in [2.24, 2.45) is 0 Å². The number of carboxylic acids is 2. The lowest BCUT2D eigenvalue weighted by Gasteiger charge is -2.11. The van der Waals surface area contributed by atoms with Gasteiger partial charge >= 0.3 is 11.9 Å². The molecule has 0 fully saturated rings. The lowest BCUT2D eigenvalue weighted by molar-refractivity contribution is -0.145. The Balaban J connectivity index is 2.91. The number of nitrogens with one attached hydrogen (secondary N) is 2. The van der Waals surface area contributed by atoms with Crippen molar-refractivity contribution in [3.8, 4) is 0 Å². The van der Waals surface area contributed by atoms with Crippen molar-refractivity contribution in [3.63, 3.8) is 0 Å². The zero-order valence-corrected chi connectivity index (χ0v) is 9.97. The summed E-state index contributed by atoms with van der Waals surface area (Å²) in [6.07, 6.45) is -0.773. The molecule has 1 atom stereocenters. The summed E-state index contributed by atoms with van der Waals surface area (Å²) in [6.45, 7) is 1.62. The van der Waals surface area contributed by atoms with Crippen LogP contribution in [0.3, 0.4) is 0 Å². The Morgan fingerprint density at radius 2 is 1.95 bits per heavy atom. The van der Waals surface area contributed by atoms with E-state index in [0.29, 0.717) is 5.69 Å². The molecule has 0 saturated carbocycles. The number of carboxylic acid groups (broad SMARTS) is 2. The molecule has 1 amide bonds. The summed E-state index contributed by atoms with van der Waals surface area (Å²) in [6, 6.07) is 1.12. The van der Waals surface area contributed by atoms with Gasteiger partial charge in [0.1, 0.15) is 11.6 Å². The van der Waals surface area contributed by atoms with Crippen molar-refractivity contribution < 1.29 is 24.6 Å². The van der Waals surface area contributed by atoms with Gasteiger partial charge in [-0.1, -0.05) is 0 Å². The molecule has 0 aliphatic carbocycles. The molecule has 4 N–H and O–H groups in total. The van der Waals surface area contributed by atoms with Gasteiger partial charge in [0.2, 0.25) is 0 Å². The van der Waals surface area contributed by atoms with Gasteiger partial charge in [0.05, 0.1) is 6.42 Å². The van der Waals surface area contributed by atoms with E-state index in [9.17, 15) is 19.2 Å². The highest BCUT2D eigenvalue weighted by Crippen LogP contribution is 1.98. The van der Waals surface area contributed by atoms with Crippen molar-refractivity contribution in [3.05, 3.63) is 33.7 Å². The van der Waals surface area contributed by atoms with Crippen LogP contribution in [0.15, 0.2) is 16.9 Å². The molecule has 1 aromatic heterocycles. The number of hydrogen-bond acceptors (Lipinski definition) is 4. The van der Waals surface area contributed by atoms with Crippen LogP contribution in [0.4, 0.5) is 0 Å². The second-order valence-corrected chi connectivity index (χ2v) is 3.85. The molecular weight excluding hydrogens is 256 g/mol. The fourth-order valence-electron chi connectivity index (χ4n) is 1.36. The molecule has 0 unspecified atom stereocenters. The molecule has 102 valence electrons. The Morgan fingerprint density at radius 1 is 1.32 bits per heavy atom. The molecule has 0 radical (unpaired) electrons. The van der Waals surface area contributed by atoms with E-state index in [4.69, 9.17) is 10.2 Å². The summed E-state index contributed by atoms with van der Waals surface area (Å²) < 4.78 is 0. The third-order valence-corrected chi connectivity index (χ3v) is 2.28. The number of aliphatic carboxylic acids is 2. The van der Waals surface area contributed by atoms with Crippen LogP contribution >= 0.6 is 0 Å². The van der Waals surface area contributed by atoms with Gasteiger partial charge in [0.15, 0.2) is 0 Å². The summed E-state index contributed by atoms with van der Waals surface area (Å²) in [5.41, 5.74) is -0.402. The zero-order valence-electron chi connectivity index (χ0n) is 9.97. The van der Waals surface area contributed by atoms with Gasteiger partial charge in [-0.2, -0.15) is 0 Å². The number of hydrogen-bond donors (Lipinski definition) is 4. The Bertz CT molecular complexity index is 577. The van der Waals surface area contributed by atoms with Crippen LogP contribution in [0, 0.1) is 6.92 Å². The summed E-state index contributed by atoms with van der Waals surface area (Å²) in [7, 11) is 0. The minimum Gasteiger partial charge on any atom is -0.481 e. The Labute approximate surface area is 107 Å². The number of aromatic nitrogens is 1. The highest BCUT2D eigenvalue weighted by atomic mass is 16.4.